The average Bonchev–Trinajstić information content (AvgIpc) is 2.61. The van der Waals surface area contributed by atoms with Gasteiger partial charge in [0.2, 0.25) is 5.91 Å². The fourth-order valence-electron chi connectivity index (χ4n) is 2.73. The van der Waals surface area contributed by atoms with E-state index in [0.717, 1.165) is 12.2 Å². The summed E-state index contributed by atoms with van der Waals surface area (Å²) >= 11 is 0. The Morgan fingerprint density at radius 1 is 0.958 bits per heavy atom. The molecule has 1 N–H and O–H groups in total. The van der Waals surface area contributed by atoms with Crippen LogP contribution in [0, 0.1) is 0 Å². The number of anilines is 1. The van der Waals surface area contributed by atoms with Gasteiger partial charge in [0.25, 0.3) is 0 Å². The van der Waals surface area contributed by atoms with Crippen molar-refractivity contribution in [1.29, 1.82) is 0 Å². The number of hydrogen-bond acceptors (Lipinski definition) is 2. The van der Waals surface area contributed by atoms with E-state index in [1.165, 1.54) is 16.3 Å². The second kappa shape index (κ2) is 7.28. The monoisotopic (exact) mass is 318 g/mol. The minimum atomic E-state index is -0.211. The molecule has 1 atom stereocenters. The van der Waals surface area contributed by atoms with E-state index in [1.807, 2.05) is 56.4 Å². The van der Waals surface area contributed by atoms with E-state index in [9.17, 15) is 4.79 Å². The maximum absolute atomic E-state index is 12.4. The molecule has 1 unspecified atom stereocenters. The van der Waals surface area contributed by atoms with E-state index < -0.39 is 0 Å². The highest BCUT2D eigenvalue weighted by Crippen LogP contribution is 2.17. The van der Waals surface area contributed by atoms with Gasteiger partial charge in [-0.25, -0.2) is 0 Å². The normalized spacial score (nSPS) is 12.3. The van der Waals surface area contributed by atoms with E-state index in [-0.39, 0.29) is 11.9 Å². The Labute approximate surface area is 142 Å². The largest absolute Gasteiger partial charge is 0.325 e. The average molecular weight is 318 g/mol. The van der Waals surface area contributed by atoms with Gasteiger partial charge in [0.15, 0.2) is 0 Å². The summed E-state index contributed by atoms with van der Waals surface area (Å²) in [6, 6.07) is 24.1. The molecule has 0 aliphatic heterocycles. The van der Waals surface area contributed by atoms with E-state index in [2.05, 4.69) is 40.5 Å². The molecule has 3 aromatic rings. The highest BCUT2D eigenvalue weighted by atomic mass is 16.2. The van der Waals surface area contributed by atoms with Gasteiger partial charge in [-0.15, -0.1) is 0 Å². The molecular weight excluding hydrogens is 296 g/mol. The molecule has 0 aliphatic carbocycles. The molecule has 0 spiro atoms. The SMILES string of the molecule is CC(C(=O)Nc1ccccc1)N(C)Cc1ccc2ccccc2c1. The van der Waals surface area contributed by atoms with Crippen LogP contribution in [0.5, 0.6) is 0 Å². The van der Waals surface area contributed by atoms with Gasteiger partial charge < -0.3 is 5.32 Å². The molecule has 0 aromatic heterocycles. The van der Waals surface area contributed by atoms with Crippen molar-refractivity contribution in [2.75, 3.05) is 12.4 Å². The Morgan fingerprint density at radius 2 is 1.62 bits per heavy atom. The summed E-state index contributed by atoms with van der Waals surface area (Å²) in [7, 11) is 1.98. The summed E-state index contributed by atoms with van der Waals surface area (Å²) in [4.78, 5) is 14.5. The van der Waals surface area contributed by atoms with Crippen molar-refractivity contribution in [3.8, 4) is 0 Å². The van der Waals surface area contributed by atoms with Crippen LogP contribution in [0.4, 0.5) is 5.69 Å². The minimum Gasteiger partial charge on any atom is -0.325 e. The number of carbonyl (C=O) groups is 1. The van der Waals surface area contributed by atoms with Crippen molar-refractivity contribution < 1.29 is 4.79 Å². The summed E-state index contributed by atoms with van der Waals surface area (Å²) in [5.41, 5.74) is 2.03. The van der Waals surface area contributed by atoms with E-state index in [0.29, 0.717) is 0 Å². The number of amides is 1. The number of fused-ring (bicyclic) bond motifs is 1. The maximum atomic E-state index is 12.4. The van der Waals surface area contributed by atoms with Crippen LogP contribution in [0.25, 0.3) is 10.8 Å². The second-order valence-corrected chi connectivity index (χ2v) is 6.13. The lowest BCUT2D eigenvalue weighted by molar-refractivity contribution is -0.120. The van der Waals surface area contributed by atoms with Gasteiger partial charge in [0, 0.05) is 12.2 Å². The smallest absolute Gasteiger partial charge is 0.241 e. The Hall–Kier alpha value is -2.65. The summed E-state index contributed by atoms with van der Waals surface area (Å²) in [6.07, 6.45) is 0. The van der Waals surface area contributed by atoms with Crippen LogP contribution in [0.3, 0.4) is 0 Å². The zero-order valence-electron chi connectivity index (χ0n) is 14.1. The summed E-state index contributed by atoms with van der Waals surface area (Å²) in [5.74, 6) is 0.00416. The van der Waals surface area contributed by atoms with Gasteiger partial charge >= 0.3 is 0 Å². The predicted octanol–water partition coefficient (Wildman–Crippen LogP) is 4.30. The second-order valence-electron chi connectivity index (χ2n) is 6.13. The van der Waals surface area contributed by atoms with Gasteiger partial charge in [0.05, 0.1) is 6.04 Å². The zero-order valence-corrected chi connectivity index (χ0v) is 14.1. The number of nitrogens with zero attached hydrogens (tertiary/aromatic N) is 1. The first kappa shape index (κ1) is 16.2. The van der Waals surface area contributed by atoms with Crippen LogP contribution in [0.1, 0.15) is 12.5 Å². The number of rotatable bonds is 5. The molecule has 122 valence electrons. The number of para-hydroxylation sites is 1. The van der Waals surface area contributed by atoms with Gasteiger partial charge in [-0.2, -0.15) is 0 Å². The highest BCUT2D eigenvalue weighted by molar-refractivity contribution is 5.94. The molecule has 0 heterocycles. The van der Waals surface area contributed by atoms with Crippen molar-refractivity contribution in [3.05, 3.63) is 78.4 Å². The molecular formula is C21H22N2O. The Kier molecular flexibility index (Phi) is 4.92. The first-order valence-electron chi connectivity index (χ1n) is 8.17. The minimum absolute atomic E-state index is 0.00416. The molecule has 24 heavy (non-hydrogen) atoms. The summed E-state index contributed by atoms with van der Waals surface area (Å²) < 4.78 is 0. The third kappa shape index (κ3) is 3.81. The van der Waals surface area contributed by atoms with Crippen molar-refractivity contribution in [3.63, 3.8) is 0 Å². The van der Waals surface area contributed by atoms with Crippen molar-refractivity contribution in [1.82, 2.24) is 4.90 Å². The number of hydrogen-bond donors (Lipinski definition) is 1. The predicted molar refractivity (Wildman–Crippen MR) is 99.9 cm³/mol. The lowest BCUT2D eigenvalue weighted by atomic mass is 10.1. The molecule has 0 bridgehead atoms. The van der Waals surface area contributed by atoms with Crippen LogP contribution < -0.4 is 5.32 Å². The number of likely N-dealkylation sites (N-methyl/N-ethyl adjacent to an activating group) is 1. The molecule has 3 rings (SSSR count). The molecule has 1 amide bonds. The Morgan fingerprint density at radius 3 is 2.38 bits per heavy atom. The zero-order chi connectivity index (χ0) is 16.9. The van der Waals surface area contributed by atoms with E-state index >= 15 is 0 Å². The molecule has 0 radical (unpaired) electrons. The quantitative estimate of drug-likeness (QED) is 0.761. The highest BCUT2D eigenvalue weighted by Gasteiger charge is 2.18. The number of benzene rings is 3. The number of nitrogens with one attached hydrogen (secondary N) is 1. The topological polar surface area (TPSA) is 32.3 Å². The van der Waals surface area contributed by atoms with Gasteiger partial charge in [-0.1, -0.05) is 54.6 Å². The molecule has 3 heteroatoms. The molecule has 0 aliphatic rings. The Balaban J connectivity index is 1.66. The van der Waals surface area contributed by atoms with Crippen LogP contribution >= 0.6 is 0 Å². The van der Waals surface area contributed by atoms with Gasteiger partial charge in [-0.05, 0) is 48.5 Å². The van der Waals surface area contributed by atoms with E-state index in [1.54, 1.807) is 0 Å². The lowest BCUT2D eigenvalue weighted by Gasteiger charge is -2.24. The third-order valence-electron chi connectivity index (χ3n) is 4.33. The van der Waals surface area contributed by atoms with Gasteiger partial charge in [0.1, 0.15) is 0 Å². The molecule has 0 fully saturated rings. The molecule has 3 aromatic carbocycles. The fraction of sp³-hybridized carbons (Fsp3) is 0.190. The van der Waals surface area contributed by atoms with Crippen molar-refractivity contribution in [2.45, 2.75) is 19.5 Å². The standard InChI is InChI=1S/C21H22N2O/c1-16(21(24)22-20-10-4-3-5-11-20)23(2)15-17-12-13-18-8-6-7-9-19(18)14-17/h3-14,16H,15H2,1-2H3,(H,22,24). The molecule has 0 saturated heterocycles. The Bertz CT molecular complexity index is 829. The van der Waals surface area contributed by atoms with Crippen LogP contribution in [0.15, 0.2) is 72.8 Å². The van der Waals surface area contributed by atoms with Crippen LogP contribution in [0.2, 0.25) is 0 Å². The molecule has 0 saturated carbocycles. The summed E-state index contributed by atoms with van der Waals surface area (Å²) in [6.45, 7) is 2.66. The third-order valence-corrected chi connectivity index (χ3v) is 4.33. The van der Waals surface area contributed by atoms with E-state index in [4.69, 9.17) is 0 Å². The van der Waals surface area contributed by atoms with Crippen molar-refractivity contribution in [2.24, 2.45) is 0 Å². The van der Waals surface area contributed by atoms with Gasteiger partial charge in [-0.3, -0.25) is 9.69 Å². The van der Waals surface area contributed by atoms with Crippen LogP contribution in [-0.4, -0.2) is 23.9 Å². The van der Waals surface area contributed by atoms with Crippen molar-refractivity contribution >= 4 is 22.4 Å². The number of carbonyl (C=O) groups excluding carboxylic acids is 1. The maximum Gasteiger partial charge on any atom is 0.241 e. The van der Waals surface area contributed by atoms with Crippen LogP contribution in [-0.2, 0) is 11.3 Å². The lowest BCUT2D eigenvalue weighted by Crippen LogP contribution is -2.39. The fourth-order valence-corrected chi connectivity index (χ4v) is 2.73. The molecule has 3 nitrogen and oxygen atoms in total. The first-order chi connectivity index (χ1) is 11.6. The summed E-state index contributed by atoms with van der Waals surface area (Å²) in [5, 5.41) is 5.42. The first-order valence-corrected chi connectivity index (χ1v) is 8.17.